The van der Waals surface area contributed by atoms with Crippen LogP contribution in [0.15, 0.2) is 0 Å². The Kier molecular flexibility index (Phi) is 4.86. The highest BCUT2D eigenvalue weighted by atomic mass is 32.2. The summed E-state index contributed by atoms with van der Waals surface area (Å²) >= 11 is 0. The number of cyclic esters (lactones) is 1. The summed E-state index contributed by atoms with van der Waals surface area (Å²) in [4.78, 5) is 23.0. The van der Waals surface area contributed by atoms with Gasteiger partial charge in [0.15, 0.2) is 5.92 Å². The maximum Gasteiger partial charge on any atom is 0.320 e. The van der Waals surface area contributed by atoms with E-state index in [-0.39, 0.29) is 13.0 Å². The summed E-state index contributed by atoms with van der Waals surface area (Å²) in [5.41, 5.74) is 0. The minimum atomic E-state index is -5.01. The van der Waals surface area contributed by atoms with Gasteiger partial charge in [-0.15, -0.1) is 0 Å². The third kappa shape index (κ3) is 4.13. The molecular weight excluding hydrogens is 283 g/mol. The number of carbonyl (C=O) groups excluding carboxylic acids is 2. The van der Waals surface area contributed by atoms with Crippen molar-refractivity contribution in [3.05, 3.63) is 0 Å². The SMILES string of the molecule is CC(F)(COC(=O)C1CCCCOC1=O)S(=O)(=O)O. The molecule has 2 unspecified atom stereocenters. The average molecular weight is 298 g/mol. The smallest absolute Gasteiger partial charge is 0.320 e. The molecule has 0 saturated carbocycles. The summed E-state index contributed by atoms with van der Waals surface area (Å²) in [5, 5.41) is -3.11. The molecule has 0 amide bonds. The highest BCUT2D eigenvalue weighted by Gasteiger charge is 2.41. The summed E-state index contributed by atoms with van der Waals surface area (Å²) in [7, 11) is -5.01. The summed E-state index contributed by atoms with van der Waals surface area (Å²) < 4.78 is 52.5. The lowest BCUT2D eigenvalue weighted by Crippen LogP contribution is -2.38. The van der Waals surface area contributed by atoms with Gasteiger partial charge in [-0.3, -0.25) is 14.1 Å². The summed E-state index contributed by atoms with van der Waals surface area (Å²) in [6.07, 6.45) is 1.38. The van der Waals surface area contributed by atoms with Crippen molar-refractivity contribution in [1.82, 2.24) is 0 Å². The van der Waals surface area contributed by atoms with Crippen LogP contribution in [0, 0.1) is 5.92 Å². The van der Waals surface area contributed by atoms with Crippen LogP contribution in [0.4, 0.5) is 4.39 Å². The second-order valence-electron chi connectivity index (χ2n) is 4.40. The van der Waals surface area contributed by atoms with Gasteiger partial charge in [0, 0.05) is 0 Å². The quantitative estimate of drug-likeness (QED) is 0.456. The molecule has 0 spiro atoms. The fourth-order valence-electron chi connectivity index (χ4n) is 1.43. The second kappa shape index (κ2) is 5.83. The molecule has 0 aromatic heterocycles. The minimum absolute atomic E-state index is 0.201. The van der Waals surface area contributed by atoms with Crippen molar-refractivity contribution < 1.29 is 36.4 Å². The highest BCUT2D eigenvalue weighted by Crippen LogP contribution is 2.21. The highest BCUT2D eigenvalue weighted by molar-refractivity contribution is 7.87. The number of carbonyl (C=O) groups is 2. The van der Waals surface area contributed by atoms with Crippen LogP contribution in [0.3, 0.4) is 0 Å². The van der Waals surface area contributed by atoms with Gasteiger partial charge in [0.1, 0.15) is 6.61 Å². The van der Waals surface area contributed by atoms with Crippen LogP contribution in [0.2, 0.25) is 0 Å². The Morgan fingerprint density at radius 1 is 1.58 bits per heavy atom. The number of hydrogen-bond acceptors (Lipinski definition) is 6. The molecule has 19 heavy (non-hydrogen) atoms. The van der Waals surface area contributed by atoms with Crippen LogP contribution in [0.1, 0.15) is 26.2 Å². The second-order valence-corrected chi connectivity index (χ2v) is 6.20. The van der Waals surface area contributed by atoms with E-state index in [0.717, 1.165) is 0 Å². The number of rotatable bonds is 4. The fraction of sp³-hybridized carbons (Fsp3) is 0.800. The summed E-state index contributed by atoms with van der Waals surface area (Å²) in [6.45, 7) is -0.427. The predicted octanol–water partition coefficient (Wildman–Crippen LogP) is 0.446. The molecule has 1 aliphatic heterocycles. The van der Waals surface area contributed by atoms with Crippen LogP contribution < -0.4 is 0 Å². The lowest BCUT2D eigenvalue weighted by molar-refractivity contribution is -0.162. The van der Waals surface area contributed by atoms with Crippen LogP contribution in [0.25, 0.3) is 0 Å². The summed E-state index contributed by atoms with van der Waals surface area (Å²) in [6, 6.07) is 0. The average Bonchev–Trinajstić information content (AvgIpc) is 2.49. The Bertz CT molecular complexity index is 456. The van der Waals surface area contributed by atoms with E-state index in [2.05, 4.69) is 4.74 Å². The third-order valence-electron chi connectivity index (χ3n) is 2.71. The fourth-order valence-corrected chi connectivity index (χ4v) is 1.64. The molecule has 0 bridgehead atoms. The normalized spacial score (nSPS) is 23.9. The van der Waals surface area contributed by atoms with E-state index in [1.165, 1.54) is 0 Å². The largest absolute Gasteiger partial charge is 0.465 e. The molecule has 7 nitrogen and oxygen atoms in total. The first-order valence-electron chi connectivity index (χ1n) is 5.64. The first-order chi connectivity index (χ1) is 8.65. The Morgan fingerprint density at radius 2 is 2.21 bits per heavy atom. The van der Waals surface area contributed by atoms with Crippen molar-refractivity contribution in [2.45, 2.75) is 31.2 Å². The topological polar surface area (TPSA) is 107 Å². The van der Waals surface area contributed by atoms with Gasteiger partial charge in [-0.05, 0) is 26.2 Å². The van der Waals surface area contributed by atoms with Crippen molar-refractivity contribution in [2.75, 3.05) is 13.2 Å². The van der Waals surface area contributed by atoms with Crippen LogP contribution in [-0.2, 0) is 29.2 Å². The number of alkyl halides is 1. The molecule has 1 heterocycles. The van der Waals surface area contributed by atoms with Crippen LogP contribution >= 0.6 is 0 Å². The van der Waals surface area contributed by atoms with Gasteiger partial charge in [-0.25, -0.2) is 4.39 Å². The molecule has 0 aromatic carbocycles. The number of ether oxygens (including phenoxy) is 2. The molecule has 0 aromatic rings. The van der Waals surface area contributed by atoms with Crippen molar-refractivity contribution in [2.24, 2.45) is 5.92 Å². The zero-order valence-electron chi connectivity index (χ0n) is 10.3. The van der Waals surface area contributed by atoms with Gasteiger partial charge < -0.3 is 9.47 Å². The molecular formula is C10H15FO7S. The molecule has 1 saturated heterocycles. The van der Waals surface area contributed by atoms with Crippen molar-refractivity contribution in [1.29, 1.82) is 0 Å². The van der Waals surface area contributed by atoms with E-state index in [0.29, 0.717) is 19.8 Å². The lowest BCUT2D eigenvalue weighted by atomic mass is 10.0. The maximum atomic E-state index is 13.5. The maximum absolute atomic E-state index is 13.5. The van der Waals surface area contributed by atoms with E-state index in [1.807, 2.05) is 0 Å². The molecule has 1 rings (SSSR count). The van der Waals surface area contributed by atoms with Crippen molar-refractivity contribution in [3.63, 3.8) is 0 Å². The zero-order chi connectivity index (χ0) is 14.7. The van der Waals surface area contributed by atoms with E-state index < -0.39 is 39.6 Å². The molecule has 110 valence electrons. The standard InChI is InChI=1S/C10H15FO7S/c1-10(11,19(14,15)16)6-18-9(13)7-4-2-3-5-17-8(7)12/h7H,2-6H2,1H3,(H,14,15,16). The van der Waals surface area contributed by atoms with E-state index in [1.54, 1.807) is 0 Å². The monoisotopic (exact) mass is 298 g/mol. The number of hydrogen-bond donors (Lipinski definition) is 1. The Balaban J connectivity index is 2.62. The summed E-state index contributed by atoms with van der Waals surface area (Å²) in [5.74, 6) is -3.01. The van der Waals surface area contributed by atoms with Crippen LogP contribution in [0.5, 0.6) is 0 Å². The molecule has 1 N–H and O–H groups in total. The van der Waals surface area contributed by atoms with Gasteiger partial charge in [-0.2, -0.15) is 8.42 Å². The van der Waals surface area contributed by atoms with E-state index >= 15 is 0 Å². The molecule has 1 aliphatic rings. The third-order valence-corrected chi connectivity index (χ3v) is 3.90. The van der Waals surface area contributed by atoms with Crippen molar-refractivity contribution in [3.8, 4) is 0 Å². The molecule has 9 heteroatoms. The van der Waals surface area contributed by atoms with Gasteiger partial charge in [0.05, 0.1) is 6.61 Å². The van der Waals surface area contributed by atoms with E-state index in [9.17, 15) is 22.4 Å². The lowest BCUT2D eigenvalue weighted by Gasteiger charge is -2.18. The van der Waals surface area contributed by atoms with E-state index in [4.69, 9.17) is 9.29 Å². The number of halogens is 1. The zero-order valence-corrected chi connectivity index (χ0v) is 11.1. The Hall–Kier alpha value is -1.22. The molecule has 0 radical (unpaired) electrons. The molecule has 1 fully saturated rings. The van der Waals surface area contributed by atoms with Crippen molar-refractivity contribution >= 4 is 22.1 Å². The van der Waals surface area contributed by atoms with Gasteiger partial charge in [-0.1, -0.05) is 0 Å². The van der Waals surface area contributed by atoms with Gasteiger partial charge in [0.2, 0.25) is 0 Å². The first kappa shape index (κ1) is 15.8. The Morgan fingerprint density at radius 3 is 2.79 bits per heavy atom. The van der Waals surface area contributed by atoms with Crippen LogP contribution in [-0.4, -0.2) is 43.1 Å². The Labute approximate surface area is 109 Å². The van der Waals surface area contributed by atoms with Gasteiger partial charge >= 0.3 is 22.1 Å². The molecule has 2 atom stereocenters. The predicted molar refractivity (Wildman–Crippen MR) is 60.3 cm³/mol. The van der Waals surface area contributed by atoms with Gasteiger partial charge in [0.25, 0.3) is 5.00 Å². The number of esters is 2. The minimum Gasteiger partial charge on any atom is -0.465 e. The molecule has 0 aliphatic carbocycles. The first-order valence-corrected chi connectivity index (χ1v) is 7.08.